The lowest BCUT2D eigenvalue weighted by Gasteiger charge is -2.37. The number of fused-ring (bicyclic) bond motifs is 1. The van der Waals surface area contributed by atoms with Gasteiger partial charge in [0.2, 0.25) is 11.6 Å². The zero-order valence-electron chi connectivity index (χ0n) is 16.9. The van der Waals surface area contributed by atoms with Crippen LogP contribution >= 0.6 is 0 Å². The minimum atomic E-state index is -0.974. The van der Waals surface area contributed by atoms with Gasteiger partial charge in [-0.25, -0.2) is 0 Å². The smallest absolute Gasteiger partial charge is 0.204 e. The van der Waals surface area contributed by atoms with Gasteiger partial charge in [0.15, 0.2) is 11.5 Å². The molecule has 1 aliphatic heterocycles. The zero-order chi connectivity index (χ0) is 19.7. The van der Waals surface area contributed by atoms with Crippen LogP contribution in [0.25, 0.3) is 0 Å². The first-order valence-corrected chi connectivity index (χ1v) is 11.1. The largest absolute Gasteiger partial charge is 0.490 e. The highest BCUT2D eigenvalue weighted by Crippen LogP contribution is 2.42. The van der Waals surface area contributed by atoms with Gasteiger partial charge in [0.25, 0.3) is 0 Å². The van der Waals surface area contributed by atoms with Gasteiger partial charge in [-0.3, -0.25) is 5.73 Å². The van der Waals surface area contributed by atoms with Crippen LogP contribution in [0.1, 0.15) is 70.3 Å². The van der Waals surface area contributed by atoms with Gasteiger partial charge in [0.1, 0.15) is 6.23 Å². The summed E-state index contributed by atoms with van der Waals surface area (Å²) in [5, 5.41) is 0. The molecule has 156 valence electrons. The molecule has 0 amide bonds. The van der Waals surface area contributed by atoms with Gasteiger partial charge < -0.3 is 9.47 Å². The van der Waals surface area contributed by atoms with Gasteiger partial charge >= 0.3 is 0 Å². The van der Waals surface area contributed by atoms with E-state index in [2.05, 4.69) is 6.92 Å². The van der Waals surface area contributed by atoms with Crippen molar-refractivity contribution in [2.75, 3.05) is 6.61 Å². The third-order valence-corrected chi connectivity index (χ3v) is 7.27. The van der Waals surface area contributed by atoms with Crippen LogP contribution < -0.4 is 15.2 Å². The topological polar surface area (TPSA) is 44.5 Å². The monoisotopic (exact) mass is 393 g/mol. The molecule has 0 aromatic heterocycles. The first-order valence-electron chi connectivity index (χ1n) is 11.1. The number of hydrogen-bond acceptors (Lipinski definition) is 3. The van der Waals surface area contributed by atoms with Crippen molar-refractivity contribution in [1.82, 2.24) is 0 Å². The van der Waals surface area contributed by atoms with Gasteiger partial charge in [-0.05, 0) is 74.7 Å². The van der Waals surface area contributed by atoms with E-state index in [0.29, 0.717) is 30.9 Å². The maximum atomic E-state index is 14.4. The Labute approximate surface area is 167 Å². The second-order valence-electron chi connectivity index (χ2n) is 9.30. The fraction of sp³-hybridized carbons (Fsp3) is 0.739. The summed E-state index contributed by atoms with van der Waals surface area (Å²) in [6.07, 6.45) is 10.9. The van der Waals surface area contributed by atoms with Crippen molar-refractivity contribution in [3.63, 3.8) is 0 Å². The molecule has 2 fully saturated rings. The van der Waals surface area contributed by atoms with Crippen molar-refractivity contribution in [3.05, 3.63) is 23.3 Å². The minimum absolute atomic E-state index is 0.0127. The number of nitrogens with two attached hydrogens (primary N) is 1. The van der Waals surface area contributed by atoms with E-state index in [1.54, 1.807) is 6.07 Å². The summed E-state index contributed by atoms with van der Waals surface area (Å²) in [5.74, 6) is 1.11. The first kappa shape index (κ1) is 19.9. The van der Waals surface area contributed by atoms with Gasteiger partial charge in [-0.2, -0.15) is 8.78 Å². The summed E-state index contributed by atoms with van der Waals surface area (Å²) < 4.78 is 39.7. The standard InChI is InChI=1S/C23H33F2NO2/c1-14-2-6-16(7-3-14)17-8-4-15(5-9-17)13-27-19-12-18-10-11-20(26)28-23(18)22(25)21(19)24/h12,14-17,20H,2-11,13,26H2,1H3. The normalized spacial score (nSPS) is 33.1. The fourth-order valence-corrected chi connectivity index (χ4v) is 5.35. The predicted octanol–water partition coefficient (Wildman–Crippen LogP) is 5.59. The Bertz CT molecular complexity index is 680. The van der Waals surface area contributed by atoms with E-state index in [4.69, 9.17) is 15.2 Å². The van der Waals surface area contributed by atoms with E-state index in [9.17, 15) is 8.78 Å². The highest BCUT2D eigenvalue weighted by molar-refractivity contribution is 5.44. The molecule has 0 saturated heterocycles. The molecular weight excluding hydrogens is 360 g/mol. The van der Waals surface area contributed by atoms with Gasteiger partial charge in [0.05, 0.1) is 6.61 Å². The lowest BCUT2D eigenvalue weighted by atomic mass is 9.69. The molecule has 1 unspecified atom stereocenters. The zero-order valence-corrected chi connectivity index (χ0v) is 16.9. The molecule has 5 heteroatoms. The molecule has 1 heterocycles. The van der Waals surface area contributed by atoms with Crippen LogP contribution in [0, 0.1) is 35.3 Å². The number of ether oxygens (including phenoxy) is 2. The summed E-state index contributed by atoms with van der Waals surface area (Å²) in [6.45, 7) is 2.83. The molecule has 4 rings (SSSR count). The van der Waals surface area contributed by atoms with E-state index >= 15 is 0 Å². The van der Waals surface area contributed by atoms with E-state index in [1.807, 2.05) is 0 Å². The molecule has 1 aromatic carbocycles. The molecule has 28 heavy (non-hydrogen) atoms. The molecule has 1 aromatic rings. The quantitative estimate of drug-likeness (QED) is 0.726. The number of hydrogen-bond donors (Lipinski definition) is 1. The Kier molecular flexibility index (Phi) is 6.10. The highest BCUT2D eigenvalue weighted by Gasteiger charge is 2.31. The van der Waals surface area contributed by atoms with Crippen LogP contribution in [0.5, 0.6) is 11.5 Å². The molecule has 3 nitrogen and oxygen atoms in total. The molecule has 0 radical (unpaired) electrons. The van der Waals surface area contributed by atoms with Crippen molar-refractivity contribution in [2.45, 2.75) is 77.4 Å². The van der Waals surface area contributed by atoms with E-state index < -0.39 is 17.9 Å². The molecule has 2 N–H and O–H groups in total. The molecule has 0 bridgehead atoms. The summed E-state index contributed by atoms with van der Waals surface area (Å²) in [4.78, 5) is 0. The van der Waals surface area contributed by atoms with Crippen molar-refractivity contribution in [3.8, 4) is 11.5 Å². The number of halogens is 2. The van der Waals surface area contributed by atoms with Crippen LogP contribution in [0.3, 0.4) is 0 Å². The van der Waals surface area contributed by atoms with Crippen LogP contribution in [0.4, 0.5) is 8.78 Å². The van der Waals surface area contributed by atoms with E-state index in [-0.39, 0.29) is 11.5 Å². The van der Waals surface area contributed by atoms with Crippen molar-refractivity contribution in [2.24, 2.45) is 29.4 Å². The predicted molar refractivity (Wildman–Crippen MR) is 105 cm³/mol. The molecule has 2 aliphatic carbocycles. The average Bonchev–Trinajstić information content (AvgIpc) is 2.71. The molecule has 2 saturated carbocycles. The van der Waals surface area contributed by atoms with Crippen molar-refractivity contribution >= 4 is 0 Å². The molecule has 3 aliphatic rings. The third-order valence-electron chi connectivity index (χ3n) is 7.27. The number of rotatable bonds is 4. The Morgan fingerprint density at radius 2 is 1.61 bits per heavy atom. The summed E-state index contributed by atoms with van der Waals surface area (Å²) >= 11 is 0. The maximum absolute atomic E-state index is 14.4. The van der Waals surface area contributed by atoms with Gasteiger partial charge in [-0.15, -0.1) is 0 Å². The molecule has 0 spiro atoms. The number of benzene rings is 1. The second kappa shape index (κ2) is 8.56. The van der Waals surface area contributed by atoms with Crippen molar-refractivity contribution < 1.29 is 18.3 Å². The summed E-state index contributed by atoms with van der Waals surface area (Å²) in [7, 11) is 0. The van der Waals surface area contributed by atoms with Crippen LogP contribution in [-0.4, -0.2) is 12.8 Å². The maximum Gasteiger partial charge on any atom is 0.204 e. The fourth-order valence-electron chi connectivity index (χ4n) is 5.35. The highest BCUT2D eigenvalue weighted by atomic mass is 19.2. The SMILES string of the molecule is CC1CCC(C2CCC(COc3cc4c(c(F)c3F)OC(N)CC4)CC2)CC1. The van der Waals surface area contributed by atoms with Crippen molar-refractivity contribution in [1.29, 1.82) is 0 Å². The Balaban J connectivity index is 1.30. The second-order valence-corrected chi connectivity index (χ2v) is 9.30. The van der Waals surface area contributed by atoms with E-state index in [1.165, 1.54) is 38.5 Å². The molecule has 1 atom stereocenters. The van der Waals surface area contributed by atoms with E-state index in [0.717, 1.165) is 30.6 Å². The summed E-state index contributed by atoms with van der Waals surface area (Å²) in [6, 6.07) is 1.59. The molecular formula is C23H33F2NO2. The summed E-state index contributed by atoms with van der Waals surface area (Å²) in [5.41, 5.74) is 6.34. The average molecular weight is 394 g/mol. The van der Waals surface area contributed by atoms with Gasteiger partial charge in [-0.1, -0.05) is 19.8 Å². The third kappa shape index (κ3) is 4.29. The van der Waals surface area contributed by atoms with Crippen LogP contribution in [-0.2, 0) is 6.42 Å². The number of aryl methyl sites for hydroxylation is 1. The first-order chi connectivity index (χ1) is 13.5. The lowest BCUT2D eigenvalue weighted by Crippen LogP contribution is -2.32. The Morgan fingerprint density at radius 1 is 0.964 bits per heavy atom. The Morgan fingerprint density at radius 3 is 2.29 bits per heavy atom. The van der Waals surface area contributed by atoms with Crippen LogP contribution in [0.2, 0.25) is 0 Å². The van der Waals surface area contributed by atoms with Crippen LogP contribution in [0.15, 0.2) is 6.07 Å². The minimum Gasteiger partial charge on any atom is -0.490 e. The lowest BCUT2D eigenvalue weighted by molar-refractivity contribution is 0.123. The Hall–Kier alpha value is -1.36. The van der Waals surface area contributed by atoms with Gasteiger partial charge in [0, 0.05) is 12.0 Å².